The van der Waals surface area contributed by atoms with Crippen molar-refractivity contribution in [2.75, 3.05) is 0 Å². The summed E-state index contributed by atoms with van der Waals surface area (Å²) < 4.78 is 76.9. The average Bonchev–Trinajstić information content (AvgIpc) is 2.43. The minimum atomic E-state index is -4.68. The number of hydrogen-bond acceptors (Lipinski definition) is 1. The molecule has 0 fully saturated rings. The van der Waals surface area contributed by atoms with Crippen LogP contribution in [0.2, 0.25) is 0 Å². The highest BCUT2D eigenvalue weighted by molar-refractivity contribution is 6.09. The van der Waals surface area contributed by atoms with Crippen molar-refractivity contribution in [1.29, 1.82) is 0 Å². The minimum absolute atomic E-state index is 0.477. The first-order valence-corrected chi connectivity index (χ1v) is 5.57. The summed E-state index contributed by atoms with van der Waals surface area (Å²) in [7, 11) is 0. The van der Waals surface area contributed by atoms with E-state index in [1.54, 1.807) is 0 Å². The molecule has 0 saturated carbocycles. The van der Waals surface area contributed by atoms with Crippen molar-refractivity contribution in [3.05, 3.63) is 70.5 Å². The number of carbonyl (C=O) groups is 1. The van der Waals surface area contributed by atoms with Crippen LogP contribution in [0.4, 0.5) is 26.3 Å². The zero-order valence-corrected chi connectivity index (χ0v) is 10.1. The molecule has 0 aliphatic carbocycles. The molecule has 0 unspecified atom stereocenters. The quantitative estimate of drug-likeness (QED) is 0.458. The van der Waals surface area contributed by atoms with E-state index in [2.05, 4.69) is 0 Å². The number of hydrogen-bond donors (Lipinski definition) is 0. The van der Waals surface area contributed by atoms with Gasteiger partial charge in [0.25, 0.3) is 0 Å². The van der Waals surface area contributed by atoms with Crippen LogP contribution < -0.4 is 0 Å². The number of alkyl halides is 3. The predicted octanol–water partition coefficient (Wildman–Crippen LogP) is 4.35. The molecule has 0 amide bonds. The van der Waals surface area contributed by atoms with Crippen molar-refractivity contribution in [3.63, 3.8) is 0 Å². The van der Waals surface area contributed by atoms with Crippen LogP contribution in [0, 0.1) is 17.5 Å². The molecule has 21 heavy (non-hydrogen) atoms. The Morgan fingerprint density at radius 2 is 1.57 bits per heavy atom. The molecule has 2 aromatic rings. The van der Waals surface area contributed by atoms with E-state index in [1.165, 1.54) is 0 Å². The first kappa shape index (κ1) is 15.1. The number of carbonyl (C=O) groups excluding carboxylic acids is 1. The van der Waals surface area contributed by atoms with Crippen molar-refractivity contribution in [2.24, 2.45) is 0 Å². The zero-order valence-electron chi connectivity index (χ0n) is 10.1. The normalized spacial score (nSPS) is 11.5. The molecule has 2 aromatic carbocycles. The Kier molecular flexibility index (Phi) is 3.76. The molecule has 2 rings (SSSR count). The van der Waals surface area contributed by atoms with Crippen LogP contribution >= 0.6 is 0 Å². The molecule has 0 atom stereocenters. The van der Waals surface area contributed by atoms with Crippen LogP contribution in [-0.2, 0) is 6.18 Å². The number of ketones is 1. The van der Waals surface area contributed by atoms with Crippen molar-refractivity contribution >= 4 is 5.78 Å². The van der Waals surface area contributed by atoms with E-state index in [0.29, 0.717) is 18.2 Å². The topological polar surface area (TPSA) is 17.1 Å². The summed E-state index contributed by atoms with van der Waals surface area (Å²) >= 11 is 0. The molecular weight excluding hydrogens is 298 g/mol. The van der Waals surface area contributed by atoms with E-state index >= 15 is 0 Å². The molecule has 0 aliphatic heterocycles. The Hall–Kier alpha value is -2.31. The zero-order chi connectivity index (χ0) is 15.8. The summed E-state index contributed by atoms with van der Waals surface area (Å²) in [5, 5.41) is 0. The number of halogens is 6. The Morgan fingerprint density at radius 3 is 2.19 bits per heavy atom. The third kappa shape index (κ3) is 2.91. The second-order valence-corrected chi connectivity index (χ2v) is 4.13. The van der Waals surface area contributed by atoms with Gasteiger partial charge in [0.15, 0.2) is 23.2 Å². The molecule has 7 heteroatoms. The number of rotatable bonds is 2. The lowest BCUT2D eigenvalue weighted by atomic mass is 10.0. The van der Waals surface area contributed by atoms with E-state index in [1.807, 2.05) is 0 Å². The summed E-state index contributed by atoms with van der Waals surface area (Å²) in [4.78, 5) is 11.9. The molecule has 0 N–H and O–H groups in total. The Bertz CT molecular complexity index is 705. The first-order chi connectivity index (χ1) is 9.71. The molecule has 0 spiro atoms. The third-order valence-electron chi connectivity index (χ3n) is 2.73. The molecule has 0 bridgehead atoms. The highest BCUT2D eigenvalue weighted by Crippen LogP contribution is 2.30. The summed E-state index contributed by atoms with van der Waals surface area (Å²) in [5.41, 5.74) is -2.42. The third-order valence-corrected chi connectivity index (χ3v) is 2.73. The van der Waals surface area contributed by atoms with Gasteiger partial charge in [-0.05, 0) is 24.3 Å². The van der Waals surface area contributed by atoms with Crippen molar-refractivity contribution in [3.8, 4) is 0 Å². The van der Waals surface area contributed by atoms with Gasteiger partial charge in [-0.3, -0.25) is 4.79 Å². The Labute approximate surface area is 114 Å². The lowest BCUT2D eigenvalue weighted by molar-refractivity contribution is -0.137. The van der Waals surface area contributed by atoms with Gasteiger partial charge < -0.3 is 0 Å². The van der Waals surface area contributed by atoms with Gasteiger partial charge in [-0.1, -0.05) is 12.1 Å². The highest BCUT2D eigenvalue weighted by atomic mass is 19.4. The highest BCUT2D eigenvalue weighted by Gasteiger charge is 2.31. The molecule has 0 aliphatic rings. The van der Waals surface area contributed by atoms with Gasteiger partial charge >= 0.3 is 6.18 Å². The second-order valence-electron chi connectivity index (χ2n) is 4.13. The van der Waals surface area contributed by atoms with E-state index in [4.69, 9.17) is 0 Å². The SMILES string of the molecule is O=C(c1cccc(C(F)(F)F)c1)c1ccc(F)c(F)c1F. The van der Waals surface area contributed by atoms with E-state index in [-0.39, 0.29) is 0 Å². The molecule has 0 radical (unpaired) electrons. The van der Waals surface area contributed by atoms with Crippen LogP contribution in [-0.4, -0.2) is 5.78 Å². The van der Waals surface area contributed by atoms with Gasteiger partial charge in [0.05, 0.1) is 11.1 Å². The van der Waals surface area contributed by atoms with Crippen LogP contribution in [0.1, 0.15) is 21.5 Å². The molecule has 110 valence electrons. The molecule has 0 heterocycles. The van der Waals surface area contributed by atoms with Crippen molar-refractivity contribution in [2.45, 2.75) is 6.18 Å². The minimum Gasteiger partial charge on any atom is -0.288 e. The van der Waals surface area contributed by atoms with Crippen molar-refractivity contribution in [1.82, 2.24) is 0 Å². The van der Waals surface area contributed by atoms with Gasteiger partial charge in [-0.25, -0.2) is 13.2 Å². The first-order valence-electron chi connectivity index (χ1n) is 5.57. The van der Waals surface area contributed by atoms with E-state index in [9.17, 15) is 31.1 Å². The van der Waals surface area contributed by atoms with Gasteiger partial charge in [0, 0.05) is 5.56 Å². The lowest BCUT2D eigenvalue weighted by Gasteiger charge is -2.09. The summed E-state index contributed by atoms with van der Waals surface area (Å²) in [5.74, 6) is -6.25. The van der Waals surface area contributed by atoms with Crippen LogP contribution in [0.5, 0.6) is 0 Å². The molecule has 0 aromatic heterocycles. The van der Waals surface area contributed by atoms with Crippen LogP contribution in [0.15, 0.2) is 36.4 Å². The summed E-state index contributed by atoms with van der Waals surface area (Å²) in [6, 6.07) is 4.45. The standard InChI is InChI=1S/C14H6F6O/c15-10-5-4-9(11(16)12(10)17)13(21)7-2-1-3-8(6-7)14(18,19)20/h1-6H. The fourth-order valence-electron chi connectivity index (χ4n) is 1.69. The monoisotopic (exact) mass is 304 g/mol. The average molecular weight is 304 g/mol. The van der Waals surface area contributed by atoms with Gasteiger partial charge in [-0.15, -0.1) is 0 Å². The Morgan fingerprint density at radius 1 is 0.905 bits per heavy atom. The van der Waals surface area contributed by atoms with Gasteiger partial charge in [0.2, 0.25) is 0 Å². The van der Waals surface area contributed by atoms with Gasteiger partial charge in [-0.2, -0.15) is 13.2 Å². The fourth-order valence-corrected chi connectivity index (χ4v) is 1.69. The summed E-state index contributed by atoms with van der Waals surface area (Å²) in [6.07, 6.45) is -4.68. The lowest BCUT2D eigenvalue weighted by Crippen LogP contribution is -2.10. The maximum absolute atomic E-state index is 13.5. The van der Waals surface area contributed by atoms with Crippen LogP contribution in [0.25, 0.3) is 0 Å². The van der Waals surface area contributed by atoms with E-state index < -0.39 is 46.1 Å². The Balaban J connectivity index is 2.49. The predicted molar refractivity (Wildman–Crippen MR) is 61.2 cm³/mol. The smallest absolute Gasteiger partial charge is 0.288 e. The maximum atomic E-state index is 13.5. The van der Waals surface area contributed by atoms with Crippen LogP contribution in [0.3, 0.4) is 0 Å². The number of benzene rings is 2. The molecular formula is C14H6F6O. The van der Waals surface area contributed by atoms with Gasteiger partial charge in [0.1, 0.15) is 0 Å². The maximum Gasteiger partial charge on any atom is 0.416 e. The molecule has 1 nitrogen and oxygen atoms in total. The van der Waals surface area contributed by atoms with E-state index in [0.717, 1.165) is 18.2 Å². The van der Waals surface area contributed by atoms with Crippen molar-refractivity contribution < 1.29 is 31.1 Å². The largest absolute Gasteiger partial charge is 0.416 e. The fraction of sp³-hybridized carbons (Fsp3) is 0.0714. The second kappa shape index (κ2) is 5.23. The summed E-state index contributed by atoms with van der Waals surface area (Å²) in [6.45, 7) is 0. The molecule has 0 saturated heterocycles.